The second kappa shape index (κ2) is 3.77. The minimum absolute atomic E-state index is 0.189. The Kier molecular flexibility index (Phi) is 2.46. The van der Waals surface area contributed by atoms with Crippen LogP contribution in [0.25, 0.3) is 11.2 Å². The number of carbonyl (C=O) groups excluding carboxylic acids is 1. The minimum Gasteiger partial charge on any atom is -0.461 e. The van der Waals surface area contributed by atoms with Crippen molar-refractivity contribution in [1.29, 1.82) is 0 Å². The molecule has 0 saturated heterocycles. The van der Waals surface area contributed by atoms with Gasteiger partial charge in [-0.3, -0.25) is 0 Å². The molecule has 15 heavy (non-hydrogen) atoms. The van der Waals surface area contributed by atoms with E-state index in [1.165, 1.54) is 6.33 Å². The monoisotopic (exact) mass is 224 g/mol. The van der Waals surface area contributed by atoms with Crippen molar-refractivity contribution in [3.8, 4) is 0 Å². The number of nitrogens with one attached hydrogen (secondary N) is 2. The van der Waals surface area contributed by atoms with E-state index in [0.29, 0.717) is 22.5 Å². The van der Waals surface area contributed by atoms with Gasteiger partial charge in [0.15, 0.2) is 16.1 Å². The minimum atomic E-state index is -0.491. The van der Waals surface area contributed by atoms with Gasteiger partial charge in [0.25, 0.3) is 0 Å². The molecule has 0 saturated carbocycles. The van der Waals surface area contributed by atoms with Crippen molar-refractivity contribution in [3.63, 3.8) is 0 Å². The molecule has 0 fully saturated rings. The van der Waals surface area contributed by atoms with E-state index in [1.54, 1.807) is 6.92 Å². The molecule has 0 aliphatic carbocycles. The molecule has 2 aromatic heterocycles. The molecule has 2 heterocycles. The van der Waals surface area contributed by atoms with Crippen molar-refractivity contribution in [2.75, 3.05) is 6.61 Å². The molecule has 78 valence electrons. The molecule has 2 rings (SSSR count). The summed E-state index contributed by atoms with van der Waals surface area (Å²) in [6, 6.07) is 0. The average molecular weight is 224 g/mol. The normalized spacial score (nSPS) is 10.5. The second-order valence-electron chi connectivity index (χ2n) is 2.75. The second-order valence-corrected chi connectivity index (χ2v) is 3.15. The largest absolute Gasteiger partial charge is 0.461 e. The number of aromatic nitrogens is 4. The molecular weight excluding hydrogens is 216 g/mol. The summed E-state index contributed by atoms with van der Waals surface area (Å²) >= 11 is 4.89. The molecule has 0 aromatic carbocycles. The predicted molar refractivity (Wildman–Crippen MR) is 55.0 cm³/mol. The van der Waals surface area contributed by atoms with Gasteiger partial charge >= 0.3 is 5.97 Å². The number of H-pyrrole nitrogens is 2. The van der Waals surface area contributed by atoms with Crippen LogP contribution < -0.4 is 0 Å². The van der Waals surface area contributed by atoms with E-state index in [4.69, 9.17) is 17.0 Å². The van der Waals surface area contributed by atoms with Gasteiger partial charge in [-0.25, -0.2) is 14.8 Å². The Hall–Kier alpha value is -1.76. The summed E-state index contributed by atoms with van der Waals surface area (Å²) in [7, 11) is 0. The van der Waals surface area contributed by atoms with Crippen LogP contribution >= 0.6 is 12.2 Å². The van der Waals surface area contributed by atoms with Gasteiger partial charge < -0.3 is 14.7 Å². The first-order valence-corrected chi connectivity index (χ1v) is 4.73. The Morgan fingerprint density at radius 2 is 2.33 bits per heavy atom. The number of esters is 1. The Morgan fingerprint density at radius 1 is 1.53 bits per heavy atom. The standard InChI is InChI=1S/C8H8N4O2S/c1-2-14-7(13)5-4-6(10-3-9-5)12-8(15)11-4/h3H,2H2,1H3,(H2,9,10,11,12,15). The number of imidazole rings is 1. The van der Waals surface area contributed by atoms with Crippen molar-refractivity contribution in [3.05, 3.63) is 16.8 Å². The molecule has 7 heteroatoms. The van der Waals surface area contributed by atoms with E-state index in [9.17, 15) is 4.79 Å². The van der Waals surface area contributed by atoms with Crippen LogP contribution in [0.5, 0.6) is 0 Å². The van der Waals surface area contributed by atoms with E-state index < -0.39 is 5.97 Å². The fourth-order valence-electron chi connectivity index (χ4n) is 1.21. The van der Waals surface area contributed by atoms with Gasteiger partial charge in [0, 0.05) is 0 Å². The van der Waals surface area contributed by atoms with Crippen LogP contribution in [0.3, 0.4) is 0 Å². The predicted octanol–water partition coefficient (Wildman–Crippen LogP) is 1.19. The lowest BCUT2D eigenvalue weighted by atomic mass is 10.3. The lowest BCUT2D eigenvalue weighted by molar-refractivity contribution is 0.0521. The highest BCUT2D eigenvalue weighted by molar-refractivity contribution is 7.71. The van der Waals surface area contributed by atoms with Gasteiger partial charge in [0.1, 0.15) is 11.8 Å². The molecule has 2 N–H and O–H groups in total. The number of hydrogen-bond acceptors (Lipinski definition) is 5. The molecule has 6 nitrogen and oxygen atoms in total. The summed E-state index contributed by atoms with van der Waals surface area (Å²) in [5, 5.41) is 0. The molecule has 0 amide bonds. The molecule has 0 atom stereocenters. The van der Waals surface area contributed by atoms with Crippen LogP contribution in [0.15, 0.2) is 6.33 Å². The molecule has 0 spiro atoms. The lowest BCUT2D eigenvalue weighted by Crippen LogP contribution is -2.08. The van der Waals surface area contributed by atoms with Crippen molar-refractivity contribution in [1.82, 2.24) is 19.9 Å². The van der Waals surface area contributed by atoms with Gasteiger partial charge in [-0.15, -0.1) is 0 Å². The molecule has 0 radical (unpaired) electrons. The summed E-state index contributed by atoms with van der Waals surface area (Å²) in [6.45, 7) is 2.03. The van der Waals surface area contributed by atoms with Gasteiger partial charge in [-0.2, -0.15) is 0 Å². The number of hydrogen-bond donors (Lipinski definition) is 2. The summed E-state index contributed by atoms with van der Waals surface area (Å²) in [5.41, 5.74) is 1.16. The summed E-state index contributed by atoms with van der Waals surface area (Å²) < 4.78 is 5.25. The van der Waals surface area contributed by atoms with Gasteiger partial charge in [-0.1, -0.05) is 0 Å². The third-order valence-corrected chi connectivity index (χ3v) is 1.99. The smallest absolute Gasteiger partial charge is 0.359 e. The Balaban J connectivity index is 2.60. The van der Waals surface area contributed by atoms with Crippen molar-refractivity contribution < 1.29 is 9.53 Å². The summed E-state index contributed by atoms with van der Waals surface area (Å²) in [5.74, 6) is -0.491. The van der Waals surface area contributed by atoms with Gasteiger partial charge in [-0.05, 0) is 19.1 Å². The first kappa shape index (κ1) is 9.78. The van der Waals surface area contributed by atoms with Crippen molar-refractivity contribution in [2.45, 2.75) is 6.92 Å². The third kappa shape index (κ3) is 1.73. The van der Waals surface area contributed by atoms with E-state index in [2.05, 4.69) is 19.9 Å². The fourth-order valence-corrected chi connectivity index (χ4v) is 1.40. The van der Waals surface area contributed by atoms with Crippen molar-refractivity contribution in [2.24, 2.45) is 0 Å². The first-order chi connectivity index (χ1) is 7.22. The maximum Gasteiger partial charge on any atom is 0.359 e. The van der Waals surface area contributed by atoms with Crippen LogP contribution in [0, 0.1) is 4.77 Å². The highest BCUT2D eigenvalue weighted by Gasteiger charge is 2.14. The number of ether oxygens (including phenoxy) is 1. The molecular formula is C8H8N4O2S. The number of fused-ring (bicyclic) bond motifs is 1. The van der Waals surface area contributed by atoms with Gasteiger partial charge in [0.2, 0.25) is 0 Å². The van der Waals surface area contributed by atoms with Crippen LogP contribution in [0.2, 0.25) is 0 Å². The van der Waals surface area contributed by atoms with E-state index in [-0.39, 0.29) is 5.69 Å². The molecule has 2 aromatic rings. The van der Waals surface area contributed by atoms with E-state index in [0.717, 1.165) is 0 Å². The topological polar surface area (TPSA) is 83.7 Å². The maximum atomic E-state index is 11.5. The van der Waals surface area contributed by atoms with Gasteiger partial charge in [0.05, 0.1) is 6.61 Å². The Morgan fingerprint density at radius 3 is 3.07 bits per heavy atom. The number of carbonyl (C=O) groups is 1. The summed E-state index contributed by atoms with van der Waals surface area (Å²) in [4.78, 5) is 24.9. The van der Waals surface area contributed by atoms with Crippen LogP contribution in [-0.2, 0) is 4.74 Å². The fraction of sp³-hybridized carbons (Fsp3) is 0.250. The molecule has 0 unspecified atom stereocenters. The average Bonchev–Trinajstić information content (AvgIpc) is 2.57. The maximum absolute atomic E-state index is 11.5. The van der Waals surface area contributed by atoms with Crippen LogP contribution in [0.4, 0.5) is 0 Å². The lowest BCUT2D eigenvalue weighted by Gasteiger charge is -2.00. The zero-order valence-electron chi connectivity index (χ0n) is 7.90. The third-order valence-electron chi connectivity index (χ3n) is 1.79. The van der Waals surface area contributed by atoms with E-state index in [1.807, 2.05) is 0 Å². The number of aromatic amines is 2. The molecule has 0 aliphatic rings. The highest BCUT2D eigenvalue weighted by Crippen LogP contribution is 2.11. The molecule has 0 bridgehead atoms. The molecule has 0 aliphatic heterocycles. The van der Waals surface area contributed by atoms with Crippen LogP contribution in [-0.4, -0.2) is 32.5 Å². The Bertz CT molecular complexity index is 559. The zero-order valence-corrected chi connectivity index (χ0v) is 8.72. The SMILES string of the molecule is CCOC(=O)c1ncnc2[nH]c(=S)[nH]c12. The number of rotatable bonds is 2. The Labute approximate surface area is 89.7 Å². The zero-order chi connectivity index (χ0) is 10.8. The van der Waals surface area contributed by atoms with Crippen LogP contribution in [0.1, 0.15) is 17.4 Å². The number of nitrogens with zero attached hydrogens (tertiary/aromatic N) is 2. The highest BCUT2D eigenvalue weighted by atomic mass is 32.1. The first-order valence-electron chi connectivity index (χ1n) is 4.32. The summed E-state index contributed by atoms with van der Waals surface area (Å²) in [6.07, 6.45) is 1.29. The quantitative estimate of drug-likeness (QED) is 0.591. The van der Waals surface area contributed by atoms with E-state index >= 15 is 0 Å². The van der Waals surface area contributed by atoms with Crippen molar-refractivity contribution >= 4 is 29.4 Å².